The summed E-state index contributed by atoms with van der Waals surface area (Å²) in [6.45, 7) is 3.33. The summed E-state index contributed by atoms with van der Waals surface area (Å²) in [5, 5.41) is 0. The van der Waals surface area contributed by atoms with Gasteiger partial charge in [-0.3, -0.25) is 0 Å². The second kappa shape index (κ2) is 5.18. The Morgan fingerprint density at radius 3 is 2.83 bits per heavy atom. The highest BCUT2D eigenvalue weighted by molar-refractivity contribution is 7.91. The van der Waals surface area contributed by atoms with Crippen molar-refractivity contribution in [3.05, 3.63) is 23.8 Å². The van der Waals surface area contributed by atoms with Crippen molar-refractivity contribution in [3.63, 3.8) is 0 Å². The molecule has 0 amide bonds. The summed E-state index contributed by atoms with van der Waals surface area (Å²) >= 11 is 0. The van der Waals surface area contributed by atoms with Crippen LogP contribution < -0.4 is 10.6 Å². The van der Waals surface area contributed by atoms with E-state index in [4.69, 9.17) is 5.73 Å². The smallest absolute Gasteiger partial charge is 0.152 e. The Labute approximate surface area is 109 Å². The van der Waals surface area contributed by atoms with E-state index in [1.165, 1.54) is 0 Å². The Morgan fingerprint density at radius 2 is 2.11 bits per heavy atom. The number of rotatable bonds is 5. The quantitative estimate of drug-likeness (QED) is 0.821. The fourth-order valence-electron chi connectivity index (χ4n) is 2.42. The minimum atomic E-state index is -2.90. The molecule has 0 aromatic heterocycles. The predicted molar refractivity (Wildman–Crippen MR) is 75.7 cm³/mol. The van der Waals surface area contributed by atoms with Gasteiger partial charge < -0.3 is 10.6 Å². The van der Waals surface area contributed by atoms with Crippen molar-refractivity contribution >= 4 is 21.2 Å². The lowest BCUT2D eigenvalue weighted by Gasteiger charge is -2.19. The maximum atomic E-state index is 11.7. The van der Waals surface area contributed by atoms with Gasteiger partial charge in [0.25, 0.3) is 0 Å². The zero-order valence-electron chi connectivity index (χ0n) is 10.7. The number of sulfone groups is 1. The van der Waals surface area contributed by atoms with E-state index in [9.17, 15) is 8.42 Å². The van der Waals surface area contributed by atoms with Crippen molar-refractivity contribution in [2.75, 3.05) is 35.2 Å². The van der Waals surface area contributed by atoms with Gasteiger partial charge in [0, 0.05) is 35.8 Å². The Bertz CT molecular complexity index is 526. The molecule has 2 N–H and O–H groups in total. The number of anilines is 2. The van der Waals surface area contributed by atoms with Crippen LogP contribution in [-0.2, 0) is 16.3 Å². The van der Waals surface area contributed by atoms with Gasteiger partial charge in [0.15, 0.2) is 9.84 Å². The molecule has 0 fully saturated rings. The third-order valence-electron chi connectivity index (χ3n) is 3.35. The Balaban J connectivity index is 2.05. The second-order valence-electron chi connectivity index (χ2n) is 4.73. The normalized spacial score (nSPS) is 14.8. The number of hydrogen-bond donors (Lipinski definition) is 1. The first kappa shape index (κ1) is 13.2. The van der Waals surface area contributed by atoms with E-state index in [2.05, 4.69) is 4.90 Å². The Hall–Kier alpha value is -1.23. The van der Waals surface area contributed by atoms with Crippen molar-refractivity contribution in [2.24, 2.45) is 0 Å². The van der Waals surface area contributed by atoms with Crippen molar-refractivity contribution in [1.29, 1.82) is 0 Å². The van der Waals surface area contributed by atoms with Crippen LogP contribution in [0.3, 0.4) is 0 Å². The van der Waals surface area contributed by atoms with Gasteiger partial charge >= 0.3 is 0 Å². The average molecular weight is 268 g/mol. The molecule has 0 unspecified atom stereocenters. The SMILES string of the molecule is CCCS(=O)(=O)CCN1CCc2c(N)cccc21. The van der Waals surface area contributed by atoms with Crippen LogP contribution in [0.1, 0.15) is 18.9 Å². The lowest BCUT2D eigenvalue weighted by molar-refractivity contribution is 0.593. The zero-order valence-corrected chi connectivity index (χ0v) is 11.5. The molecule has 0 atom stereocenters. The molecule has 0 saturated heterocycles. The molecule has 100 valence electrons. The number of nitrogens with zero attached hydrogens (tertiary/aromatic N) is 1. The highest BCUT2D eigenvalue weighted by atomic mass is 32.2. The van der Waals surface area contributed by atoms with Crippen molar-refractivity contribution < 1.29 is 8.42 Å². The summed E-state index contributed by atoms with van der Waals surface area (Å²) in [6, 6.07) is 5.84. The molecule has 1 heterocycles. The molecule has 0 aliphatic carbocycles. The molecule has 1 aliphatic heterocycles. The summed E-state index contributed by atoms with van der Waals surface area (Å²) in [4.78, 5) is 2.12. The summed E-state index contributed by atoms with van der Waals surface area (Å²) in [7, 11) is -2.90. The largest absolute Gasteiger partial charge is 0.398 e. The van der Waals surface area contributed by atoms with Crippen LogP contribution >= 0.6 is 0 Å². The van der Waals surface area contributed by atoms with Crippen molar-refractivity contribution in [1.82, 2.24) is 0 Å². The molecule has 2 rings (SSSR count). The van der Waals surface area contributed by atoms with Crippen LogP contribution in [0.5, 0.6) is 0 Å². The van der Waals surface area contributed by atoms with Crippen LogP contribution in [0, 0.1) is 0 Å². The van der Waals surface area contributed by atoms with Gasteiger partial charge in [-0.25, -0.2) is 8.42 Å². The van der Waals surface area contributed by atoms with Crippen LogP contribution in [0.15, 0.2) is 18.2 Å². The molecule has 1 aromatic carbocycles. The monoisotopic (exact) mass is 268 g/mol. The molecule has 4 nitrogen and oxygen atoms in total. The topological polar surface area (TPSA) is 63.4 Å². The number of hydrogen-bond acceptors (Lipinski definition) is 4. The number of nitrogen functional groups attached to an aromatic ring is 1. The van der Waals surface area contributed by atoms with Crippen LogP contribution in [0.2, 0.25) is 0 Å². The summed E-state index contributed by atoms with van der Waals surface area (Å²) in [5.74, 6) is 0.514. The van der Waals surface area contributed by atoms with E-state index in [0.717, 1.165) is 29.9 Å². The van der Waals surface area contributed by atoms with E-state index in [1.807, 2.05) is 25.1 Å². The number of fused-ring (bicyclic) bond motifs is 1. The van der Waals surface area contributed by atoms with Crippen LogP contribution in [0.25, 0.3) is 0 Å². The van der Waals surface area contributed by atoms with Gasteiger partial charge in [-0.1, -0.05) is 13.0 Å². The standard InChI is InChI=1S/C13H20N2O2S/c1-2-9-18(16,17)10-8-15-7-6-11-12(14)4-3-5-13(11)15/h3-5H,2,6-10,14H2,1H3. The minimum Gasteiger partial charge on any atom is -0.398 e. The molecular formula is C13H20N2O2S. The van der Waals surface area contributed by atoms with E-state index < -0.39 is 9.84 Å². The van der Waals surface area contributed by atoms with Gasteiger partial charge in [-0.05, 0) is 25.0 Å². The van der Waals surface area contributed by atoms with E-state index in [-0.39, 0.29) is 11.5 Å². The fourth-order valence-corrected chi connectivity index (χ4v) is 3.75. The Morgan fingerprint density at radius 1 is 1.33 bits per heavy atom. The molecule has 5 heteroatoms. The summed E-state index contributed by atoms with van der Waals surface area (Å²) in [6.07, 6.45) is 1.60. The first-order chi connectivity index (χ1) is 8.53. The molecule has 18 heavy (non-hydrogen) atoms. The van der Waals surface area contributed by atoms with Crippen LogP contribution in [0.4, 0.5) is 11.4 Å². The maximum Gasteiger partial charge on any atom is 0.152 e. The van der Waals surface area contributed by atoms with E-state index >= 15 is 0 Å². The lowest BCUT2D eigenvalue weighted by Crippen LogP contribution is -2.28. The fraction of sp³-hybridized carbons (Fsp3) is 0.538. The third-order valence-corrected chi connectivity index (χ3v) is 5.18. The van der Waals surface area contributed by atoms with Gasteiger partial charge in [0.1, 0.15) is 0 Å². The van der Waals surface area contributed by atoms with Gasteiger partial charge in [0.05, 0.1) is 5.75 Å². The zero-order chi connectivity index (χ0) is 13.2. The third kappa shape index (κ3) is 2.77. The second-order valence-corrected chi connectivity index (χ2v) is 7.04. The average Bonchev–Trinajstić information content (AvgIpc) is 2.71. The lowest BCUT2D eigenvalue weighted by atomic mass is 10.1. The van der Waals surface area contributed by atoms with Gasteiger partial charge in [-0.15, -0.1) is 0 Å². The molecule has 1 aromatic rings. The van der Waals surface area contributed by atoms with Crippen LogP contribution in [-0.4, -0.2) is 33.0 Å². The first-order valence-electron chi connectivity index (χ1n) is 6.36. The molecular weight excluding hydrogens is 248 g/mol. The van der Waals surface area contributed by atoms with Gasteiger partial charge in [-0.2, -0.15) is 0 Å². The van der Waals surface area contributed by atoms with Gasteiger partial charge in [0.2, 0.25) is 0 Å². The molecule has 0 saturated carbocycles. The Kier molecular flexibility index (Phi) is 3.80. The van der Waals surface area contributed by atoms with Crippen molar-refractivity contribution in [3.8, 4) is 0 Å². The minimum absolute atomic E-state index is 0.231. The predicted octanol–water partition coefficient (Wildman–Crippen LogP) is 1.46. The highest BCUT2D eigenvalue weighted by Crippen LogP contribution is 2.31. The molecule has 0 spiro atoms. The summed E-state index contributed by atoms with van der Waals surface area (Å²) < 4.78 is 23.4. The highest BCUT2D eigenvalue weighted by Gasteiger charge is 2.22. The van der Waals surface area contributed by atoms with E-state index in [1.54, 1.807) is 0 Å². The first-order valence-corrected chi connectivity index (χ1v) is 8.18. The number of benzene rings is 1. The maximum absolute atomic E-state index is 11.7. The van der Waals surface area contributed by atoms with Crippen molar-refractivity contribution in [2.45, 2.75) is 19.8 Å². The number of nitrogens with two attached hydrogens (primary N) is 1. The van der Waals surface area contributed by atoms with E-state index in [0.29, 0.717) is 13.0 Å². The molecule has 1 aliphatic rings. The molecule has 0 radical (unpaired) electrons. The molecule has 0 bridgehead atoms. The summed E-state index contributed by atoms with van der Waals surface area (Å²) in [5.41, 5.74) is 8.99.